The summed E-state index contributed by atoms with van der Waals surface area (Å²) in [6.07, 6.45) is 4.71. The number of nitrogens with zero attached hydrogens (tertiary/aromatic N) is 4. The molecule has 0 aliphatic carbocycles. The number of rotatable bonds is 3. The molecule has 0 aromatic carbocycles. The second-order valence-corrected chi connectivity index (χ2v) is 7.77. The first-order chi connectivity index (χ1) is 12.3. The molecule has 1 aromatic heterocycles. The third-order valence-corrected chi connectivity index (χ3v) is 5.89. The lowest BCUT2D eigenvalue weighted by atomic mass is 9.89. The largest absolute Gasteiger partial charge is 0.478 e. The Labute approximate surface area is 152 Å². The molecular formula is C19H24N4O3. The molecule has 0 radical (unpaired) electrons. The number of aliphatic imine (C=N–C) groups is 1. The third-order valence-electron chi connectivity index (χ3n) is 5.89. The molecule has 1 atom stereocenters. The normalized spacial score (nSPS) is 25.1. The number of carbonyl (C=O) groups is 2. The molecule has 3 aliphatic rings. The molecule has 4 rings (SSSR count). The third kappa shape index (κ3) is 2.06. The standard InChI is InChI=1S/C19H24N4O3/c1-11(2)19(4)17(26)23-15(20-19)14-13(16(24)25)12(3)7-10-22(14)18(23)21-8-5-6-9-21/h7,10-11H,5-6,8-9H2,1-4H3,(H,24,25). The van der Waals surface area contributed by atoms with E-state index in [4.69, 9.17) is 4.99 Å². The molecule has 26 heavy (non-hydrogen) atoms. The van der Waals surface area contributed by atoms with E-state index in [1.54, 1.807) is 17.9 Å². The molecule has 0 saturated carbocycles. The average molecular weight is 356 g/mol. The fourth-order valence-electron chi connectivity index (χ4n) is 3.99. The van der Waals surface area contributed by atoms with Crippen molar-refractivity contribution in [1.29, 1.82) is 0 Å². The van der Waals surface area contributed by atoms with Gasteiger partial charge in [-0.1, -0.05) is 19.9 Å². The maximum atomic E-state index is 13.4. The number of amidine groups is 1. The number of hydrogen-bond acceptors (Lipinski definition) is 4. The van der Waals surface area contributed by atoms with Crippen LogP contribution in [0.2, 0.25) is 0 Å². The Morgan fingerprint density at radius 3 is 2.62 bits per heavy atom. The molecule has 0 spiro atoms. The van der Waals surface area contributed by atoms with E-state index in [2.05, 4.69) is 4.90 Å². The van der Waals surface area contributed by atoms with E-state index < -0.39 is 11.5 Å². The number of likely N-dealkylation sites (tertiary alicyclic amines) is 1. The van der Waals surface area contributed by atoms with Crippen molar-refractivity contribution in [2.24, 2.45) is 10.9 Å². The number of carbonyl (C=O) groups excluding carboxylic acids is 1. The molecule has 1 N–H and O–H groups in total. The molecule has 1 fully saturated rings. The molecule has 1 saturated heterocycles. The Morgan fingerprint density at radius 1 is 1.38 bits per heavy atom. The van der Waals surface area contributed by atoms with Crippen LogP contribution in [0.15, 0.2) is 17.3 Å². The Bertz CT molecular complexity index is 841. The van der Waals surface area contributed by atoms with Crippen LogP contribution in [-0.4, -0.2) is 51.2 Å². The van der Waals surface area contributed by atoms with E-state index in [0.29, 0.717) is 17.1 Å². The lowest BCUT2D eigenvalue weighted by Crippen LogP contribution is -2.57. The number of aryl methyl sites for hydroxylation is 1. The predicted octanol–water partition coefficient (Wildman–Crippen LogP) is 1.39. The van der Waals surface area contributed by atoms with Crippen molar-refractivity contribution in [3.63, 3.8) is 0 Å². The van der Waals surface area contributed by atoms with Gasteiger partial charge in [-0.15, -0.1) is 0 Å². The number of aromatic carboxylic acids is 1. The zero-order valence-corrected chi connectivity index (χ0v) is 15.6. The molecule has 0 bridgehead atoms. The highest BCUT2D eigenvalue weighted by Crippen LogP contribution is 2.39. The van der Waals surface area contributed by atoms with Gasteiger partial charge in [0.2, 0.25) is 6.29 Å². The Hall–Kier alpha value is -2.41. The van der Waals surface area contributed by atoms with Crippen molar-refractivity contribution < 1.29 is 19.3 Å². The van der Waals surface area contributed by atoms with Crippen molar-refractivity contribution in [3.05, 3.63) is 35.4 Å². The fraction of sp³-hybridized carbons (Fsp3) is 0.526. The number of carboxylic acids is 1. The number of amides is 1. The molecule has 1 aromatic rings. The molecule has 4 heterocycles. The topological polar surface area (TPSA) is 77.1 Å². The molecule has 7 nitrogen and oxygen atoms in total. The highest BCUT2D eigenvalue weighted by molar-refractivity contribution is 6.18. The van der Waals surface area contributed by atoms with Crippen LogP contribution < -0.4 is 4.57 Å². The first kappa shape index (κ1) is 17.0. The Morgan fingerprint density at radius 2 is 2.04 bits per heavy atom. The minimum atomic E-state index is -0.997. The summed E-state index contributed by atoms with van der Waals surface area (Å²) in [5, 5.41) is 9.81. The van der Waals surface area contributed by atoms with Crippen LogP contribution in [0.3, 0.4) is 0 Å². The van der Waals surface area contributed by atoms with Crippen molar-refractivity contribution >= 4 is 17.7 Å². The second kappa shape index (κ2) is 5.54. The Balaban J connectivity index is 1.98. The summed E-state index contributed by atoms with van der Waals surface area (Å²) in [7, 11) is 0. The SMILES string of the molecule is Cc1cc[n+]2c(c1C(=O)O)C1=NC(C)(C(C)C)C(=O)N1[C-]2N1CCCC1. The van der Waals surface area contributed by atoms with E-state index in [-0.39, 0.29) is 17.4 Å². The van der Waals surface area contributed by atoms with Gasteiger partial charge >= 0.3 is 5.97 Å². The van der Waals surface area contributed by atoms with Gasteiger partial charge in [-0.3, -0.25) is 24.2 Å². The van der Waals surface area contributed by atoms with E-state index in [0.717, 1.165) is 32.2 Å². The van der Waals surface area contributed by atoms with Gasteiger partial charge < -0.3 is 5.11 Å². The molecule has 1 amide bonds. The van der Waals surface area contributed by atoms with Gasteiger partial charge in [-0.2, -0.15) is 0 Å². The first-order valence-electron chi connectivity index (χ1n) is 9.13. The number of hydrogen-bond donors (Lipinski definition) is 1. The van der Waals surface area contributed by atoms with Gasteiger partial charge in [-0.25, -0.2) is 4.79 Å². The lowest BCUT2D eigenvalue weighted by molar-refractivity contribution is -0.678. The number of carboxylic acid groups (broad SMARTS) is 1. The van der Waals surface area contributed by atoms with E-state index in [1.807, 2.05) is 31.5 Å². The van der Waals surface area contributed by atoms with Crippen molar-refractivity contribution in [1.82, 2.24) is 9.80 Å². The minimum absolute atomic E-state index is 0.0134. The van der Waals surface area contributed by atoms with Gasteiger partial charge in [0, 0.05) is 0 Å². The van der Waals surface area contributed by atoms with E-state index >= 15 is 0 Å². The summed E-state index contributed by atoms with van der Waals surface area (Å²) < 4.78 is 1.83. The smallest absolute Gasteiger partial charge is 0.330 e. The van der Waals surface area contributed by atoms with Gasteiger partial charge in [0.25, 0.3) is 5.91 Å². The summed E-state index contributed by atoms with van der Waals surface area (Å²) in [5.74, 6) is -0.599. The number of aromatic nitrogens is 1. The lowest BCUT2D eigenvalue weighted by Gasteiger charge is -2.32. The zero-order chi connectivity index (χ0) is 18.8. The van der Waals surface area contributed by atoms with Crippen LogP contribution in [-0.2, 0) is 4.79 Å². The summed E-state index contributed by atoms with van der Waals surface area (Å²) >= 11 is 0. The van der Waals surface area contributed by atoms with Crippen LogP contribution in [0.4, 0.5) is 0 Å². The van der Waals surface area contributed by atoms with Gasteiger partial charge in [0.1, 0.15) is 11.4 Å². The van der Waals surface area contributed by atoms with Crippen LogP contribution >= 0.6 is 0 Å². The van der Waals surface area contributed by atoms with Crippen LogP contribution in [0.5, 0.6) is 0 Å². The molecule has 3 aliphatic heterocycles. The maximum Gasteiger partial charge on any atom is 0.330 e. The van der Waals surface area contributed by atoms with Crippen LogP contribution in [0, 0.1) is 19.1 Å². The predicted molar refractivity (Wildman–Crippen MR) is 94.4 cm³/mol. The Kier molecular flexibility index (Phi) is 3.63. The maximum absolute atomic E-state index is 13.4. The fourth-order valence-corrected chi connectivity index (χ4v) is 3.99. The van der Waals surface area contributed by atoms with Crippen LogP contribution in [0.25, 0.3) is 0 Å². The van der Waals surface area contributed by atoms with Crippen LogP contribution in [0.1, 0.15) is 55.2 Å². The summed E-state index contributed by atoms with van der Waals surface area (Å²) in [4.78, 5) is 33.9. The van der Waals surface area contributed by atoms with Crippen molar-refractivity contribution in [3.8, 4) is 0 Å². The van der Waals surface area contributed by atoms with Crippen molar-refractivity contribution in [2.45, 2.75) is 46.1 Å². The molecule has 138 valence electrons. The van der Waals surface area contributed by atoms with Gasteiger partial charge in [0.05, 0.1) is 11.8 Å². The van der Waals surface area contributed by atoms with E-state index in [9.17, 15) is 14.7 Å². The summed E-state index contributed by atoms with van der Waals surface area (Å²) in [6.45, 7) is 9.28. The molecule has 7 heteroatoms. The molecular weight excluding hydrogens is 332 g/mol. The van der Waals surface area contributed by atoms with Gasteiger partial charge in [-0.05, 0) is 51.3 Å². The second-order valence-electron chi connectivity index (χ2n) is 7.77. The average Bonchev–Trinajstić information content (AvgIpc) is 3.25. The monoisotopic (exact) mass is 356 g/mol. The highest BCUT2D eigenvalue weighted by Gasteiger charge is 2.56. The zero-order valence-electron chi connectivity index (χ0n) is 15.6. The molecule has 1 unspecified atom stereocenters. The number of fused-ring (bicyclic) bond motifs is 3. The summed E-state index contributed by atoms with van der Waals surface area (Å²) in [5.41, 5.74) is 0.515. The van der Waals surface area contributed by atoms with E-state index in [1.165, 1.54) is 0 Å². The van der Waals surface area contributed by atoms with Crippen molar-refractivity contribution in [2.75, 3.05) is 13.1 Å². The first-order valence-corrected chi connectivity index (χ1v) is 9.13. The minimum Gasteiger partial charge on any atom is -0.478 e. The summed E-state index contributed by atoms with van der Waals surface area (Å²) in [6, 6.07) is 1.79. The van der Waals surface area contributed by atoms with Gasteiger partial charge in [0.15, 0.2) is 5.69 Å². The number of pyridine rings is 1. The quantitative estimate of drug-likeness (QED) is 0.656. The highest BCUT2D eigenvalue weighted by atomic mass is 16.4.